The third kappa shape index (κ3) is 4.51. The summed E-state index contributed by atoms with van der Waals surface area (Å²) in [7, 11) is 1.81. The molecule has 1 aromatic carbocycles. The molecule has 5 heteroatoms. The summed E-state index contributed by atoms with van der Waals surface area (Å²) in [5, 5.41) is 12.8. The molecule has 2 aromatic rings. The Bertz CT molecular complexity index is 596. The van der Waals surface area contributed by atoms with E-state index in [9.17, 15) is 4.79 Å². The molecule has 1 heterocycles. The van der Waals surface area contributed by atoms with Crippen LogP contribution in [-0.2, 0) is 11.2 Å². The maximum atomic E-state index is 11.7. The van der Waals surface area contributed by atoms with Gasteiger partial charge in [0, 0.05) is 24.7 Å². The number of hydrogen-bond acceptors (Lipinski definition) is 4. The van der Waals surface area contributed by atoms with Crippen molar-refractivity contribution >= 4 is 16.8 Å². The third-order valence-corrected chi connectivity index (χ3v) is 3.33. The van der Waals surface area contributed by atoms with E-state index >= 15 is 0 Å². The summed E-state index contributed by atoms with van der Waals surface area (Å²) < 4.78 is 0. The number of aliphatic hydroxyl groups excluding tert-OH is 1. The first-order chi connectivity index (χ1) is 10.2. The van der Waals surface area contributed by atoms with E-state index < -0.39 is 0 Å². The molecular formula is C16H21N3O2. The maximum absolute atomic E-state index is 11.7. The number of benzene rings is 1. The minimum Gasteiger partial charge on any atom is -0.395 e. The number of hydrogen-bond donors (Lipinski definition) is 2. The standard InChI is InChI=1S/C16H21N3O2/c1-19(10-11-20)12-15(21)17-9-7-14-5-2-4-13-6-3-8-18-16(13)14/h2-6,8,20H,7,9-12H2,1H3,(H,17,21). The van der Waals surface area contributed by atoms with Crippen LogP contribution in [0.2, 0.25) is 0 Å². The maximum Gasteiger partial charge on any atom is 0.234 e. The molecule has 0 fully saturated rings. The molecule has 5 nitrogen and oxygen atoms in total. The molecule has 1 aromatic heterocycles. The van der Waals surface area contributed by atoms with Crippen LogP contribution >= 0.6 is 0 Å². The number of fused-ring (bicyclic) bond motifs is 1. The van der Waals surface area contributed by atoms with E-state index in [0.29, 0.717) is 19.6 Å². The zero-order chi connectivity index (χ0) is 15.1. The van der Waals surface area contributed by atoms with Crippen molar-refractivity contribution < 1.29 is 9.90 Å². The lowest BCUT2D eigenvalue weighted by molar-refractivity contribution is -0.121. The summed E-state index contributed by atoms with van der Waals surface area (Å²) in [5.74, 6) is -0.0286. The van der Waals surface area contributed by atoms with Gasteiger partial charge in [0.05, 0.1) is 18.7 Å². The Kier molecular flexibility index (Phi) is 5.66. The number of carbonyl (C=O) groups excluding carboxylic acids is 1. The first-order valence-electron chi connectivity index (χ1n) is 7.09. The van der Waals surface area contributed by atoms with Crippen LogP contribution in [0, 0.1) is 0 Å². The molecule has 0 unspecified atom stereocenters. The SMILES string of the molecule is CN(CCO)CC(=O)NCCc1cccc2cccnc12. The van der Waals surface area contributed by atoms with Gasteiger partial charge in [-0.2, -0.15) is 0 Å². The number of likely N-dealkylation sites (N-methyl/N-ethyl adjacent to an activating group) is 1. The van der Waals surface area contributed by atoms with Crippen LogP contribution < -0.4 is 5.32 Å². The van der Waals surface area contributed by atoms with Crippen molar-refractivity contribution in [2.75, 3.05) is 33.3 Å². The van der Waals surface area contributed by atoms with Gasteiger partial charge in [-0.3, -0.25) is 14.7 Å². The van der Waals surface area contributed by atoms with Gasteiger partial charge in [0.1, 0.15) is 0 Å². The highest BCUT2D eigenvalue weighted by molar-refractivity contribution is 5.81. The van der Waals surface area contributed by atoms with Crippen molar-refractivity contribution in [3.63, 3.8) is 0 Å². The van der Waals surface area contributed by atoms with Crippen LogP contribution in [0.1, 0.15) is 5.56 Å². The highest BCUT2D eigenvalue weighted by Gasteiger charge is 2.06. The van der Waals surface area contributed by atoms with Crippen LogP contribution in [0.4, 0.5) is 0 Å². The molecule has 112 valence electrons. The number of nitrogens with zero attached hydrogens (tertiary/aromatic N) is 2. The predicted octanol–water partition coefficient (Wildman–Crippen LogP) is 0.818. The molecule has 2 N–H and O–H groups in total. The van der Waals surface area contributed by atoms with Crippen molar-refractivity contribution in [1.29, 1.82) is 0 Å². The molecule has 2 rings (SSSR count). The van der Waals surface area contributed by atoms with E-state index in [2.05, 4.69) is 10.3 Å². The quantitative estimate of drug-likeness (QED) is 0.791. The lowest BCUT2D eigenvalue weighted by atomic mass is 10.1. The average molecular weight is 287 g/mol. The highest BCUT2D eigenvalue weighted by atomic mass is 16.3. The van der Waals surface area contributed by atoms with Gasteiger partial charge in [-0.25, -0.2) is 0 Å². The number of aliphatic hydroxyl groups is 1. The zero-order valence-corrected chi connectivity index (χ0v) is 12.2. The van der Waals surface area contributed by atoms with Crippen LogP contribution in [0.15, 0.2) is 36.5 Å². The summed E-state index contributed by atoms with van der Waals surface area (Å²) in [5.41, 5.74) is 2.13. The molecular weight excluding hydrogens is 266 g/mol. The molecule has 0 saturated carbocycles. The number of amides is 1. The van der Waals surface area contributed by atoms with Crippen molar-refractivity contribution in [2.45, 2.75) is 6.42 Å². The Balaban J connectivity index is 1.86. The molecule has 0 aliphatic carbocycles. The smallest absolute Gasteiger partial charge is 0.234 e. The fraction of sp³-hybridized carbons (Fsp3) is 0.375. The number of rotatable bonds is 7. The van der Waals surface area contributed by atoms with E-state index in [-0.39, 0.29) is 12.5 Å². The van der Waals surface area contributed by atoms with E-state index in [1.54, 1.807) is 11.1 Å². The van der Waals surface area contributed by atoms with Gasteiger partial charge in [0.25, 0.3) is 0 Å². The van der Waals surface area contributed by atoms with Gasteiger partial charge in [-0.15, -0.1) is 0 Å². The normalized spacial score (nSPS) is 11.0. The molecule has 0 radical (unpaired) electrons. The first-order valence-corrected chi connectivity index (χ1v) is 7.09. The van der Waals surface area contributed by atoms with Crippen molar-refractivity contribution in [3.8, 4) is 0 Å². The highest BCUT2D eigenvalue weighted by Crippen LogP contribution is 2.15. The third-order valence-electron chi connectivity index (χ3n) is 3.33. The van der Waals surface area contributed by atoms with Crippen LogP contribution in [-0.4, -0.2) is 54.2 Å². The van der Waals surface area contributed by atoms with Crippen molar-refractivity contribution in [2.24, 2.45) is 0 Å². The molecule has 0 atom stereocenters. The van der Waals surface area contributed by atoms with Crippen LogP contribution in [0.3, 0.4) is 0 Å². The second-order valence-corrected chi connectivity index (χ2v) is 5.05. The van der Waals surface area contributed by atoms with E-state index in [4.69, 9.17) is 5.11 Å². The van der Waals surface area contributed by atoms with E-state index in [1.165, 1.54) is 0 Å². The Labute approximate surface area is 124 Å². The molecule has 21 heavy (non-hydrogen) atoms. The Morgan fingerprint density at radius 3 is 2.95 bits per heavy atom. The monoisotopic (exact) mass is 287 g/mol. The number of carbonyl (C=O) groups is 1. The molecule has 0 bridgehead atoms. The minimum atomic E-state index is -0.0286. The topological polar surface area (TPSA) is 65.5 Å². The van der Waals surface area contributed by atoms with E-state index in [1.807, 2.05) is 37.4 Å². The fourth-order valence-electron chi connectivity index (χ4n) is 2.26. The van der Waals surface area contributed by atoms with Crippen molar-refractivity contribution in [1.82, 2.24) is 15.2 Å². The number of aromatic nitrogens is 1. The summed E-state index contributed by atoms with van der Waals surface area (Å²) in [6.45, 7) is 1.45. The van der Waals surface area contributed by atoms with Gasteiger partial charge >= 0.3 is 0 Å². The molecule has 0 aliphatic rings. The minimum absolute atomic E-state index is 0.0286. The fourth-order valence-corrected chi connectivity index (χ4v) is 2.26. The Morgan fingerprint density at radius 1 is 1.33 bits per heavy atom. The van der Waals surface area contributed by atoms with E-state index in [0.717, 1.165) is 22.9 Å². The summed E-state index contributed by atoms with van der Waals surface area (Å²) >= 11 is 0. The number of pyridine rings is 1. The van der Waals surface area contributed by atoms with Gasteiger partial charge < -0.3 is 10.4 Å². The Morgan fingerprint density at radius 2 is 2.14 bits per heavy atom. The summed E-state index contributed by atoms with van der Waals surface area (Å²) in [6.07, 6.45) is 2.54. The van der Waals surface area contributed by atoms with Gasteiger partial charge in [0.2, 0.25) is 5.91 Å². The molecule has 0 aliphatic heterocycles. The lowest BCUT2D eigenvalue weighted by Gasteiger charge is -2.14. The summed E-state index contributed by atoms with van der Waals surface area (Å²) in [4.78, 5) is 17.9. The predicted molar refractivity (Wildman–Crippen MR) is 83.0 cm³/mol. The van der Waals surface area contributed by atoms with Crippen LogP contribution in [0.25, 0.3) is 10.9 Å². The van der Waals surface area contributed by atoms with Crippen LogP contribution in [0.5, 0.6) is 0 Å². The molecule has 0 spiro atoms. The number of nitrogens with one attached hydrogen (secondary N) is 1. The Hall–Kier alpha value is -1.98. The van der Waals surface area contributed by atoms with Gasteiger partial charge in [-0.05, 0) is 25.1 Å². The lowest BCUT2D eigenvalue weighted by Crippen LogP contribution is -2.37. The second-order valence-electron chi connectivity index (χ2n) is 5.05. The zero-order valence-electron chi connectivity index (χ0n) is 12.2. The number of para-hydroxylation sites is 1. The van der Waals surface area contributed by atoms with Crippen molar-refractivity contribution in [3.05, 3.63) is 42.1 Å². The first kappa shape index (κ1) is 15.4. The molecule has 0 saturated heterocycles. The second kappa shape index (κ2) is 7.71. The largest absolute Gasteiger partial charge is 0.395 e. The summed E-state index contributed by atoms with van der Waals surface area (Å²) in [6, 6.07) is 10.0. The average Bonchev–Trinajstić information content (AvgIpc) is 2.47. The van der Waals surface area contributed by atoms with Gasteiger partial charge in [0.15, 0.2) is 0 Å². The van der Waals surface area contributed by atoms with Gasteiger partial charge in [-0.1, -0.05) is 24.3 Å². The molecule has 1 amide bonds.